The lowest BCUT2D eigenvalue weighted by atomic mass is 9.77. The van der Waals surface area contributed by atoms with E-state index in [1.54, 1.807) is 6.08 Å². The first kappa shape index (κ1) is 18.7. The third-order valence-electron chi connectivity index (χ3n) is 5.36. The van der Waals surface area contributed by atoms with E-state index in [1.165, 1.54) is 12.2 Å². The summed E-state index contributed by atoms with van der Waals surface area (Å²) < 4.78 is 10.6. The van der Waals surface area contributed by atoms with E-state index in [0.717, 1.165) is 24.6 Å². The fraction of sp³-hybridized carbons (Fsp3) is 0.579. The van der Waals surface area contributed by atoms with Gasteiger partial charge in [-0.3, -0.25) is 19.3 Å². The van der Waals surface area contributed by atoms with Crippen molar-refractivity contribution < 1.29 is 23.6 Å². The topological polar surface area (TPSA) is 72.2 Å². The highest BCUT2D eigenvalue weighted by Gasteiger charge is 2.58. The fourth-order valence-electron chi connectivity index (χ4n) is 4.05. The van der Waals surface area contributed by atoms with Gasteiger partial charge >= 0.3 is 5.97 Å². The van der Waals surface area contributed by atoms with E-state index >= 15 is 0 Å². The van der Waals surface area contributed by atoms with Crippen molar-refractivity contribution in [2.24, 2.45) is 5.92 Å². The van der Waals surface area contributed by atoms with E-state index in [0.29, 0.717) is 19.4 Å². The summed E-state index contributed by atoms with van der Waals surface area (Å²) in [6.07, 6.45) is 3.02. The molecule has 2 saturated heterocycles. The van der Waals surface area contributed by atoms with Gasteiger partial charge in [0.05, 0.1) is 31.7 Å². The average molecular weight is 362 g/mol. The molecule has 0 bridgehead atoms. The van der Waals surface area contributed by atoms with Crippen LogP contribution in [0.5, 0.6) is 0 Å². The van der Waals surface area contributed by atoms with E-state index < -0.39 is 11.5 Å². The van der Waals surface area contributed by atoms with Crippen molar-refractivity contribution in [1.29, 1.82) is 0 Å². The maximum Gasteiger partial charge on any atom is 0.311 e. The lowest BCUT2D eigenvalue weighted by Gasteiger charge is -2.45. The van der Waals surface area contributed by atoms with Crippen LogP contribution in [0.25, 0.3) is 0 Å². The first-order valence-corrected chi connectivity index (χ1v) is 8.92. The summed E-state index contributed by atoms with van der Waals surface area (Å²) in [4.78, 5) is 32.7. The highest BCUT2D eigenvalue weighted by Crippen LogP contribution is 2.44. The average Bonchev–Trinajstić information content (AvgIpc) is 3.16. The molecule has 0 unspecified atom stereocenters. The van der Waals surface area contributed by atoms with Gasteiger partial charge in [-0.05, 0) is 31.9 Å². The quantitative estimate of drug-likeness (QED) is 0.570. The molecule has 1 spiro atoms. The van der Waals surface area contributed by atoms with Gasteiger partial charge < -0.3 is 9.15 Å². The van der Waals surface area contributed by atoms with Crippen LogP contribution in [0.15, 0.2) is 29.2 Å². The summed E-state index contributed by atoms with van der Waals surface area (Å²) in [5, 5.41) is 1.42. The van der Waals surface area contributed by atoms with Gasteiger partial charge in [0.25, 0.3) is 0 Å². The predicted octanol–water partition coefficient (Wildman–Crippen LogP) is 2.06. The number of likely N-dealkylation sites (tertiary alicyclic amines) is 1. The molecule has 2 fully saturated rings. The SMILES string of the molecule is C=CCON1C(=O)C[C@H](C(=O)OC)C12CCN(Cc1ccc(C)o1)CC2. The van der Waals surface area contributed by atoms with Crippen molar-refractivity contribution in [3.05, 3.63) is 36.3 Å². The number of methoxy groups -OCH3 is 1. The number of furan rings is 1. The highest BCUT2D eigenvalue weighted by atomic mass is 16.7. The second kappa shape index (κ2) is 7.63. The molecular formula is C19H26N2O5. The molecule has 7 heteroatoms. The Labute approximate surface area is 153 Å². The molecule has 0 aromatic carbocycles. The molecular weight excluding hydrogens is 336 g/mol. The largest absolute Gasteiger partial charge is 0.469 e. The molecule has 1 aromatic rings. The Morgan fingerprint density at radius 3 is 2.73 bits per heavy atom. The molecule has 3 rings (SSSR count). The van der Waals surface area contributed by atoms with Crippen LogP contribution in [0.1, 0.15) is 30.8 Å². The summed E-state index contributed by atoms with van der Waals surface area (Å²) in [5.74, 6) is 0.795. The number of nitrogens with zero attached hydrogens (tertiary/aromatic N) is 2. The number of hydroxylamine groups is 2. The smallest absolute Gasteiger partial charge is 0.311 e. The van der Waals surface area contributed by atoms with Crippen LogP contribution in [0.3, 0.4) is 0 Å². The number of aryl methyl sites for hydroxylation is 1. The number of hydrogen-bond acceptors (Lipinski definition) is 6. The molecule has 0 N–H and O–H groups in total. The molecule has 1 aromatic heterocycles. The minimum Gasteiger partial charge on any atom is -0.469 e. The molecule has 142 valence electrons. The summed E-state index contributed by atoms with van der Waals surface area (Å²) in [5.41, 5.74) is -0.650. The lowest BCUT2D eigenvalue weighted by Crippen LogP contribution is -2.57. The molecule has 0 saturated carbocycles. The van der Waals surface area contributed by atoms with Gasteiger partial charge in [-0.15, -0.1) is 6.58 Å². The van der Waals surface area contributed by atoms with E-state index in [-0.39, 0.29) is 24.9 Å². The number of ether oxygens (including phenoxy) is 1. The molecule has 2 aliphatic rings. The third kappa shape index (κ3) is 3.41. The number of carbonyl (C=O) groups is 2. The third-order valence-corrected chi connectivity index (χ3v) is 5.36. The van der Waals surface area contributed by atoms with Crippen molar-refractivity contribution in [3.8, 4) is 0 Å². The maximum absolute atomic E-state index is 12.5. The summed E-state index contributed by atoms with van der Waals surface area (Å²) in [7, 11) is 1.36. The summed E-state index contributed by atoms with van der Waals surface area (Å²) >= 11 is 0. The number of amides is 1. The van der Waals surface area contributed by atoms with Crippen molar-refractivity contribution >= 4 is 11.9 Å². The number of carbonyl (C=O) groups excluding carboxylic acids is 2. The fourth-order valence-corrected chi connectivity index (χ4v) is 4.05. The number of piperidine rings is 1. The number of rotatable bonds is 6. The minimum absolute atomic E-state index is 0.126. The first-order chi connectivity index (χ1) is 12.5. The second-order valence-corrected chi connectivity index (χ2v) is 6.94. The Balaban J connectivity index is 1.74. The molecule has 3 heterocycles. The van der Waals surface area contributed by atoms with Crippen molar-refractivity contribution in [2.45, 2.75) is 38.3 Å². The van der Waals surface area contributed by atoms with E-state index in [9.17, 15) is 9.59 Å². The Morgan fingerprint density at radius 1 is 1.42 bits per heavy atom. The lowest BCUT2D eigenvalue weighted by molar-refractivity contribution is -0.218. The van der Waals surface area contributed by atoms with Gasteiger partial charge in [-0.25, -0.2) is 5.06 Å². The summed E-state index contributed by atoms with van der Waals surface area (Å²) in [6.45, 7) is 8.00. The zero-order valence-corrected chi connectivity index (χ0v) is 15.4. The van der Waals surface area contributed by atoms with E-state index in [1.807, 2.05) is 19.1 Å². The van der Waals surface area contributed by atoms with Gasteiger partial charge in [0.15, 0.2) is 0 Å². The zero-order valence-electron chi connectivity index (χ0n) is 15.4. The van der Waals surface area contributed by atoms with Crippen LogP contribution < -0.4 is 0 Å². The standard InChI is InChI=1S/C19H26N2O5/c1-4-11-25-21-17(22)12-16(18(23)24-3)19(21)7-9-20(10-8-19)13-15-6-5-14(2)26-15/h4-6,16H,1,7-13H2,2-3H3/t16-/m1/s1. The molecule has 1 amide bonds. The Morgan fingerprint density at radius 2 is 2.15 bits per heavy atom. The molecule has 0 aliphatic carbocycles. The van der Waals surface area contributed by atoms with Crippen LogP contribution in [0.4, 0.5) is 0 Å². The Kier molecular flexibility index (Phi) is 5.48. The van der Waals surface area contributed by atoms with E-state index in [2.05, 4.69) is 11.5 Å². The van der Waals surface area contributed by atoms with Crippen molar-refractivity contribution in [1.82, 2.24) is 9.96 Å². The van der Waals surface area contributed by atoms with Crippen LogP contribution in [-0.2, 0) is 25.7 Å². The minimum atomic E-state index is -0.650. The van der Waals surface area contributed by atoms with Crippen LogP contribution in [0.2, 0.25) is 0 Å². The number of hydrogen-bond donors (Lipinski definition) is 0. The van der Waals surface area contributed by atoms with Gasteiger partial charge in [-0.2, -0.15) is 0 Å². The van der Waals surface area contributed by atoms with Crippen LogP contribution in [0, 0.1) is 12.8 Å². The number of esters is 1. The Hall–Kier alpha value is -2.12. The van der Waals surface area contributed by atoms with Gasteiger partial charge in [0.2, 0.25) is 5.91 Å². The van der Waals surface area contributed by atoms with Crippen molar-refractivity contribution in [2.75, 3.05) is 26.8 Å². The Bertz CT molecular complexity index is 675. The van der Waals surface area contributed by atoms with Gasteiger partial charge in [-0.1, -0.05) is 6.08 Å². The highest BCUT2D eigenvalue weighted by molar-refractivity contribution is 5.88. The van der Waals surface area contributed by atoms with Crippen LogP contribution in [-0.4, -0.2) is 54.2 Å². The molecule has 2 aliphatic heterocycles. The molecule has 1 atom stereocenters. The second-order valence-electron chi connectivity index (χ2n) is 6.94. The first-order valence-electron chi connectivity index (χ1n) is 8.92. The van der Waals surface area contributed by atoms with Crippen LogP contribution >= 0.6 is 0 Å². The molecule has 26 heavy (non-hydrogen) atoms. The summed E-state index contributed by atoms with van der Waals surface area (Å²) in [6, 6.07) is 3.93. The molecule has 7 nitrogen and oxygen atoms in total. The normalized spacial score (nSPS) is 22.8. The van der Waals surface area contributed by atoms with Gasteiger partial charge in [0.1, 0.15) is 11.5 Å². The zero-order chi connectivity index (χ0) is 18.7. The predicted molar refractivity (Wildman–Crippen MR) is 93.8 cm³/mol. The van der Waals surface area contributed by atoms with Crippen molar-refractivity contribution in [3.63, 3.8) is 0 Å². The monoisotopic (exact) mass is 362 g/mol. The van der Waals surface area contributed by atoms with Gasteiger partial charge in [0, 0.05) is 19.5 Å². The van der Waals surface area contributed by atoms with E-state index in [4.69, 9.17) is 14.0 Å². The maximum atomic E-state index is 12.5. The molecule has 0 radical (unpaired) electrons.